The van der Waals surface area contributed by atoms with Gasteiger partial charge in [0, 0.05) is 5.41 Å². The third-order valence-corrected chi connectivity index (χ3v) is 3.77. The van der Waals surface area contributed by atoms with E-state index >= 15 is 0 Å². The van der Waals surface area contributed by atoms with Crippen molar-refractivity contribution in [1.29, 1.82) is 0 Å². The van der Waals surface area contributed by atoms with Gasteiger partial charge in [-0.3, -0.25) is 4.18 Å². The van der Waals surface area contributed by atoms with E-state index in [4.69, 9.17) is 0 Å². The number of rotatable bonds is 5. The molecule has 0 atom stereocenters. The van der Waals surface area contributed by atoms with Crippen molar-refractivity contribution in [3.05, 3.63) is 41.8 Å². The van der Waals surface area contributed by atoms with Crippen LogP contribution in [-0.4, -0.2) is 29.7 Å². The van der Waals surface area contributed by atoms with E-state index in [2.05, 4.69) is 4.18 Å². The monoisotopic (exact) mass is 276 g/mol. The molecule has 0 spiro atoms. The quantitative estimate of drug-likeness (QED) is 0.748. The van der Waals surface area contributed by atoms with E-state index in [0.717, 1.165) is 17.7 Å². The molecule has 0 radical (unpaired) electrons. The fourth-order valence-electron chi connectivity index (χ4n) is 1.02. The summed E-state index contributed by atoms with van der Waals surface area (Å²) in [5, 5.41) is 0.924. The number of hydrogen-bond acceptors (Lipinski definition) is 5. The van der Waals surface area contributed by atoms with Crippen molar-refractivity contribution in [3.63, 3.8) is 0 Å². The molecule has 5 nitrogen and oxygen atoms in total. The standard InChI is InChI=1S/C10H12O5S2/c1-16(11,12)15-8-5-9-17(13,14)10-6-3-2-4-7-10/h2-7,9H,8H2,1H3/b9-5+. The van der Waals surface area contributed by atoms with Gasteiger partial charge in [-0.15, -0.1) is 0 Å². The number of sulfone groups is 1. The smallest absolute Gasteiger partial charge is 0.264 e. The first-order valence-electron chi connectivity index (χ1n) is 4.62. The van der Waals surface area contributed by atoms with Crippen LogP contribution in [0.3, 0.4) is 0 Å². The van der Waals surface area contributed by atoms with Crippen LogP contribution in [0.2, 0.25) is 0 Å². The van der Waals surface area contributed by atoms with E-state index in [1.165, 1.54) is 12.1 Å². The van der Waals surface area contributed by atoms with Crippen LogP contribution in [0.25, 0.3) is 0 Å². The molecule has 0 amide bonds. The molecule has 0 N–H and O–H groups in total. The highest BCUT2D eigenvalue weighted by Crippen LogP contribution is 2.10. The molecule has 0 fully saturated rings. The van der Waals surface area contributed by atoms with Crippen molar-refractivity contribution in [1.82, 2.24) is 0 Å². The highest BCUT2D eigenvalue weighted by Gasteiger charge is 2.08. The molecule has 0 aliphatic heterocycles. The molecule has 0 aromatic heterocycles. The minimum atomic E-state index is -3.55. The van der Waals surface area contributed by atoms with Gasteiger partial charge in [-0.1, -0.05) is 18.2 Å². The van der Waals surface area contributed by atoms with Gasteiger partial charge in [0.05, 0.1) is 17.8 Å². The van der Waals surface area contributed by atoms with E-state index in [0.29, 0.717) is 0 Å². The van der Waals surface area contributed by atoms with Crippen molar-refractivity contribution in [2.45, 2.75) is 4.90 Å². The Labute approximate surface area is 101 Å². The first-order valence-corrected chi connectivity index (χ1v) is 7.99. The molecule has 0 aliphatic rings. The zero-order valence-electron chi connectivity index (χ0n) is 9.11. The van der Waals surface area contributed by atoms with Gasteiger partial charge in [-0.25, -0.2) is 8.42 Å². The summed E-state index contributed by atoms with van der Waals surface area (Å²) in [5.41, 5.74) is 0. The van der Waals surface area contributed by atoms with Crippen LogP contribution < -0.4 is 0 Å². The Morgan fingerprint density at radius 3 is 2.24 bits per heavy atom. The third kappa shape index (κ3) is 5.12. The number of benzene rings is 1. The van der Waals surface area contributed by atoms with Gasteiger partial charge in [-0.2, -0.15) is 8.42 Å². The minimum absolute atomic E-state index is 0.149. The fraction of sp³-hybridized carbons (Fsp3) is 0.200. The maximum atomic E-state index is 11.7. The van der Waals surface area contributed by atoms with Crippen LogP contribution in [0.5, 0.6) is 0 Å². The zero-order chi connectivity index (χ0) is 12.9. The Balaban J connectivity index is 2.72. The van der Waals surface area contributed by atoms with Gasteiger partial charge in [0.15, 0.2) is 9.84 Å². The van der Waals surface area contributed by atoms with Crippen molar-refractivity contribution >= 4 is 20.0 Å². The van der Waals surface area contributed by atoms with Gasteiger partial charge in [0.25, 0.3) is 10.1 Å². The van der Waals surface area contributed by atoms with E-state index in [1.54, 1.807) is 18.2 Å². The normalized spacial score (nSPS) is 13.0. The lowest BCUT2D eigenvalue weighted by molar-refractivity contribution is 0.361. The summed E-state index contributed by atoms with van der Waals surface area (Å²) in [6, 6.07) is 7.82. The Bertz CT molecular complexity index is 585. The van der Waals surface area contributed by atoms with Crippen LogP contribution in [0.15, 0.2) is 46.7 Å². The summed E-state index contributed by atoms with van der Waals surface area (Å²) >= 11 is 0. The predicted molar refractivity (Wildman–Crippen MR) is 63.6 cm³/mol. The Hall–Kier alpha value is -1.18. The van der Waals surface area contributed by atoms with Crippen LogP contribution in [0.1, 0.15) is 0 Å². The lowest BCUT2D eigenvalue weighted by atomic mass is 10.4. The molecule has 94 valence electrons. The topological polar surface area (TPSA) is 77.5 Å². The zero-order valence-corrected chi connectivity index (χ0v) is 10.7. The first-order chi connectivity index (χ1) is 7.81. The highest BCUT2D eigenvalue weighted by molar-refractivity contribution is 7.94. The molecule has 1 aromatic carbocycles. The Morgan fingerprint density at radius 2 is 1.71 bits per heavy atom. The minimum Gasteiger partial charge on any atom is -0.266 e. The molecule has 17 heavy (non-hydrogen) atoms. The van der Waals surface area contributed by atoms with Crippen LogP contribution >= 0.6 is 0 Å². The molecule has 1 aromatic rings. The van der Waals surface area contributed by atoms with Crippen LogP contribution in [0.4, 0.5) is 0 Å². The van der Waals surface area contributed by atoms with Crippen molar-refractivity contribution in [3.8, 4) is 0 Å². The van der Waals surface area contributed by atoms with E-state index in [1.807, 2.05) is 0 Å². The lowest BCUT2D eigenvalue weighted by Crippen LogP contribution is -2.03. The average molecular weight is 276 g/mol. The van der Waals surface area contributed by atoms with Crippen molar-refractivity contribution in [2.75, 3.05) is 12.9 Å². The van der Waals surface area contributed by atoms with E-state index in [9.17, 15) is 16.8 Å². The Kier molecular flexibility index (Phi) is 4.44. The third-order valence-electron chi connectivity index (χ3n) is 1.73. The second-order valence-electron chi connectivity index (χ2n) is 3.22. The summed E-state index contributed by atoms with van der Waals surface area (Å²) in [5.74, 6) is 0. The van der Waals surface area contributed by atoms with Crippen LogP contribution in [-0.2, 0) is 24.1 Å². The van der Waals surface area contributed by atoms with Gasteiger partial charge in [0.2, 0.25) is 0 Å². The van der Waals surface area contributed by atoms with Gasteiger partial charge in [-0.05, 0) is 18.2 Å². The van der Waals surface area contributed by atoms with E-state index < -0.39 is 20.0 Å². The molecule has 1 rings (SSSR count). The highest BCUT2D eigenvalue weighted by atomic mass is 32.2. The lowest BCUT2D eigenvalue weighted by Gasteiger charge is -1.98. The second kappa shape index (κ2) is 5.44. The predicted octanol–water partition coefficient (Wildman–Crippen LogP) is 0.950. The molecular formula is C10H12O5S2. The van der Waals surface area contributed by atoms with Gasteiger partial charge < -0.3 is 0 Å². The maximum Gasteiger partial charge on any atom is 0.264 e. The molecule has 7 heteroatoms. The SMILES string of the molecule is CS(=O)(=O)OC/C=C/S(=O)(=O)c1ccccc1. The summed E-state index contributed by atoms with van der Waals surface area (Å²) < 4.78 is 49.0. The largest absolute Gasteiger partial charge is 0.266 e. The summed E-state index contributed by atoms with van der Waals surface area (Å²) in [6.07, 6.45) is 2.04. The van der Waals surface area contributed by atoms with Crippen molar-refractivity contribution < 1.29 is 21.0 Å². The molecule has 0 aliphatic carbocycles. The molecule has 0 saturated carbocycles. The molecule has 0 bridgehead atoms. The maximum absolute atomic E-state index is 11.7. The van der Waals surface area contributed by atoms with Crippen molar-refractivity contribution in [2.24, 2.45) is 0 Å². The summed E-state index contributed by atoms with van der Waals surface area (Å²) in [4.78, 5) is 0.149. The van der Waals surface area contributed by atoms with Gasteiger partial charge in [0.1, 0.15) is 0 Å². The van der Waals surface area contributed by atoms with Gasteiger partial charge >= 0.3 is 0 Å². The second-order valence-corrected chi connectivity index (χ2v) is 6.70. The fourth-order valence-corrected chi connectivity index (χ4v) is 2.37. The summed E-state index contributed by atoms with van der Waals surface area (Å²) in [6.45, 7) is -0.301. The molecule has 0 heterocycles. The van der Waals surface area contributed by atoms with E-state index in [-0.39, 0.29) is 11.5 Å². The summed E-state index contributed by atoms with van der Waals surface area (Å²) in [7, 11) is -7.09. The molecule has 0 unspecified atom stereocenters. The number of hydrogen-bond donors (Lipinski definition) is 0. The molecular weight excluding hydrogens is 264 g/mol. The average Bonchev–Trinajstić information content (AvgIpc) is 2.25. The first kappa shape index (κ1) is 13.9. The Morgan fingerprint density at radius 1 is 1.12 bits per heavy atom. The van der Waals surface area contributed by atoms with Crippen LogP contribution in [0, 0.1) is 0 Å². The molecule has 0 saturated heterocycles.